The van der Waals surface area contributed by atoms with E-state index in [1.54, 1.807) is 13.8 Å². The Kier molecular flexibility index (Phi) is 5.00. The fourth-order valence-corrected chi connectivity index (χ4v) is 4.93. The van der Waals surface area contributed by atoms with Crippen molar-refractivity contribution < 1.29 is 22.9 Å². The van der Waals surface area contributed by atoms with E-state index in [1.807, 2.05) is 6.92 Å². The van der Waals surface area contributed by atoms with Crippen LogP contribution in [-0.4, -0.2) is 39.3 Å². The molecule has 0 aromatic carbocycles. The summed E-state index contributed by atoms with van der Waals surface area (Å²) in [5, 5.41) is 0. The maximum atomic E-state index is 12.7. The third-order valence-electron chi connectivity index (χ3n) is 4.31. The van der Waals surface area contributed by atoms with Crippen molar-refractivity contribution >= 4 is 19.4 Å². The summed E-state index contributed by atoms with van der Waals surface area (Å²) in [4.78, 5) is 24.2. The molecule has 0 amide bonds. The lowest BCUT2D eigenvalue weighted by molar-refractivity contribution is -0.0756. The maximum absolute atomic E-state index is 12.7. The van der Waals surface area contributed by atoms with Crippen molar-refractivity contribution in [3.8, 4) is 0 Å². The number of aromatic amines is 1. The van der Waals surface area contributed by atoms with Gasteiger partial charge in [-0.25, -0.2) is 9.36 Å². The Balaban J connectivity index is 1.88. The number of halogens is 1. The predicted octanol–water partition coefficient (Wildman–Crippen LogP) is 1.77. The van der Waals surface area contributed by atoms with E-state index in [9.17, 15) is 14.2 Å². The van der Waals surface area contributed by atoms with E-state index in [0.717, 1.165) is 4.57 Å². The summed E-state index contributed by atoms with van der Waals surface area (Å²) in [6, 6.07) is 1.19. The first-order valence-electron chi connectivity index (χ1n) is 7.93. The van der Waals surface area contributed by atoms with E-state index in [-0.39, 0.29) is 12.7 Å². The number of nitrogens with zero attached hydrogens (tertiary/aromatic N) is 1. The predicted molar refractivity (Wildman–Crippen MR) is 88.8 cm³/mol. The van der Waals surface area contributed by atoms with Gasteiger partial charge in [-0.2, -0.15) is 0 Å². The molecule has 2 fully saturated rings. The zero-order chi connectivity index (χ0) is 18.4. The summed E-state index contributed by atoms with van der Waals surface area (Å²) in [7, 11) is -3.78. The lowest BCUT2D eigenvalue weighted by Crippen LogP contribution is -2.45. The molecule has 0 bridgehead atoms. The maximum Gasteiger partial charge on any atom is 0.475 e. The van der Waals surface area contributed by atoms with E-state index in [2.05, 4.69) is 4.98 Å². The highest BCUT2D eigenvalue weighted by Gasteiger charge is 2.60. The summed E-state index contributed by atoms with van der Waals surface area (Å²) >= 11 is 6.62. The van der Waals surface area contributed by atoms with Gasteiger partial charge in [0.15, 0.2) is 6.23 Å². The Morgan fingerprint density at radius 3 is 2.92 bits per heavy atom. The Morgan fingerprint density at radius 1 is 1.56 bits per heavy atom. The Labute approximate surface area is 148 Å². The molecule has 3 heterocycles. The first-order chi connectivity index (χ1) is 11.7. The first-order valence-corrected chi connectivity index (χ1v) is 9.77. The molecule has 0 radical (unpaired) electrons. The van der Waals surface area contributed by atoms with Gasteiger partial charge in [0.25, 0.3) is 5.56 Å². The number of hydrogen-bond acceptors (Lipinski definition) is 7. The number of alkyl halides is 1. The van der Waals surface area contributed by atoms with E-state index in [0.29, 0.717) is 6.42 Å². The standard InChI is InChI=1S/C14H20ClN2O7P/c1-4-8(2)23-25(20)21-7-9-11(24-25)14(3,15)12(22-9)17-6-5-10(18)16-13(17)19/h5-6,8-9,11-12H,4,7H2,1-3H3,(H,16,18,19)/t8-,9+,11+,12+,14+,25-/m0/s1. The van der Waals surface area contributed by atoms with Crippen molar-refractivity contribution in [1.82, 2.24) is 9.55 Å². The van der Waals surface area contributed by atoms with E-state index < -0.39 is 42.4 Å². The molecule has 1 N–H and O–H groups in total. The van der Waals surface area contributed by atoms with Crippen LogP contribution in [-0.2, 0) is 22.9 Å². The van der Waals surface area contributed by atoms with Gasteiger partial charge in [-0.1, -0.05) is 6.92 Å². The number of phosphoric acid groups is 1. The molecular formula is C14H20ClN2O7P. The fourth-order valence-electron chi connectivity index (χ4n) is 2.81. The number of hydrogen-bond donors (Lipinski definition) is 1. The average molecular weight is 395 g/mol. The SMILES string of the molecule is CC[C@H](C)O[P@]1(=O)OC[C@H]2O[C@@H](n3ccc(=O)[nH]c3=O)[C@](C)(Cl)[C@@H]2O1. The second kappa shape index (κ2) is 6.64. The minimum Gasteiger partial charge on any atom is -0.347 e. The van der Waals surface area contributed by atoms with E-state index >= 15 is 0 Å². The second-order valence-electron chi connectivity index (χ2n) is 6.29. The van der Waals surface area contributed by atoms with Gasteiger partial charge in [-0.05, 0) is 20.3 Å². The normalized spacial score (nSPS) is 39.1. The van der Waals surface area contributed by atoms with Crippen molar-refractivity contribution in [1.29, 1.82) is 0 Å². The lowest BCUT2D eigenvalue weighted by Gasteiger charge is -2.35. The van der Waals surface area contributed by atoms with Crippen molar-refractivity contribution in [3.63, 3.8) is 0 Å². The fraction of sp³-hybridized carbons (Fsp3) is 0.714. The van der Waals surface area contributed by atoms with E-state index in [1.165, 1.54) is 12.3 Å². The minimum atomic E-state index is -3.78. The highest BCUT2D eigenvalue weighted by molar-refractivity contribution is 7.48. The second-order valence-corrected chi connectivity index (χ2v) is 8.68. The molecule has 6 atom stereocenters. The van der Waals surface area contributed by atoms with Crippen LogP contribution in [0.3, 0.4) is 0 Å². The van der Waals surface area contributed by atoms with Crippen LogP contribution < -0.4 is 11.2 Å². The van der Waals surface area contributed by atoms with Gasteiger partial charge in [0, 0.05) is 12.3 Å². The molecule has 1 aromatic heterocycles. The highest BCUT2D eigenvalue weighted by atomic mass is 35.5. The Bertz CT molecular complexity index is 807. The van der Waals surface area contributed by atoms with Crippen LogP contribution in [0.4, 0.5) is 0 Å². The van der Waals surface area contributed by atoms with Gasteiger partial charge in [-0.3, -0.25) is 27.9 Å². The molecule has 9 nitrogen and oxygen atoms in total. The van der Waals surface area contributed by atoms with Crippen molar-refractivity contribution in [2.24, 2.45) is 0 Å². The summed E-state index contributed by atoms with van der Waals surface area (Å²) in [6.07, 6.45) is -0.777. The highest BCUT2D eigenvalue weighted by Crippen LogP contribution is 2.60. The minimum absolute atomic E-state index is 0.0463. The monoisotopic (exact) mass is 394 g/mol. The van der Waals surface area contributed by atoms with Gasteiger partial charge in [-0.15, -0.1) is 11.6 Å². The zero-order valence-electron chi connectivity index (χ0n) is 14.0. The molecule has 140 valence electrons. The number of aromatic nitrogens is 2. The summed E-state index contributed by atoms with van der Waals surface area (Å²) in [5.74, 6) is 0. The molecule has 25 heavy (non-hydrogen) atoms. The summed E-state index contributed by atoms with van der Waals surface area (Å²) in [5.41, 5.74) is -1.19. The molecule has 11 heteroatoms. The van der Waals surface area contributed by atoms with Crippen molar-refractivity contribution in [2.75, 3.05) is 6.61 Å². The van der Waals surface area contributed by atoms with Crippen molar-refractivity contribution in [2.45, 2.75) is 56.6 Å². The molecule has 0 spiro atoms. The molecule has 0 saturated carbocycles. The Hall–Kier alpha value is -0.960. The van der Waals surface area contributed by atoms with Gasteiger partial charge < -0.3 is 4.74 Å². The number of phosphoric ester groups is 1. The largest absolute Gasteiger partial charge is 0.475 e. The third kappa shape index (κ3) is 3.49. The van der Waals surface area contributed by atoms with Gasteiger partial charge >= 0.3 is 13.5 Å². The molecule has 1 aromatic rings. The number of H-pyrrole nitrogens is 1. The lowest BCUT2D eigenvalue weighted by atomic mass is 10.0. The van der Waals surface area contributed by atoms with E-state index in [4.69, 9.17) is 29.9 Å². The number of nitrogens with one attached hydrogen (secondary N) is 1. The van der Waals surface area contributed by atoms with Gasteiger partial charge in [0.05, 0.1) is 12.7 Å². The van der Waals surface area contributed by atoms with Crippen LogP contribution in [0.1, 0.15) is 33.4 Å². The summed E-state index contributed by atoms with van der Waals surface area (Å²) in [6.45, 7) is 5.20. The molecule has 3 rings (SSSR count). The van der Waals surface area contributed by atoms with Gasteiger partial charge in [0.2, 0.25) is 0 Å². The summed E-state index contributed by atoms with van der Waals surface area (Å²) < 4.78 is 35.9. The number of fused-ring (bicyclic) bond motifs is 1. The topological polar surface area (TPSA) is 109 Å². The van der Waals surface area contributed by atoms with Crippen LogP contribution in [0.25, 0.3) is 0 Å². The number of ether oxygens (including phenoxy) is 1. The van der Waals surface area contributed by atoms with Crippen LogP contribution in [0.15, 0.2) is 21.9 Å². The number of rotatable bonds is 4. The van der Waals surface area contributed by atoms with Crippen LogP contribution in [0, 0.1) is 0 Å². The quantitative estimate of drug-likeness (QED) is 0.612. The van der Waals surface area contributed by atoms with Crippen LogP contribution in [0.2, 0.25) is 0 Å². The van der Waals surface area contributed by atoms with Crippen LogP contribution in [0.5, 0.6) is 0 Å². The molecule has 2 saturated heterocycles. The third-order valence-corrected chi connectivity index (χ3v) is 6.28. The first kappa shape index (κ1) is 18.8. The Morgan fingerprint density at radius 2 is 2.28 bits per heavy atom. The molecule has 0 unspecified atom stereocenters. The molecule has 2 aliphatic heterocycles. The smallest absolute Gasteiger partial charge is 0.347 e. The van der Waals surface area contributed by atoms with Crippen LogP contribution >= 0.6 is 19.4 Å². The zero-order valence-corrected chi connectivity index (χ0v) is 15.7. The molecule has 0 aliphatic carbocycles. The van der Waals surface area contributed by atoms with Crippen molar-refractivity contribution in [3.05, 3.63) is 33.1 Å². The van der Waals surface area contributed by atoms with Gasteiger partial charge in [0.1, 0.15) is 17.1 Å². The molecular weight excluding hydrogens is 375 g/mol. The molecule has 2 aliphatic rings. The average Bonchev–Trinajstić information content (AvgIpc) is 2.78.